The average molecular weight is 276 g/mol. The molecule has 0 radical (unpaired) electrons. The van der Waals surface area contributed by atoms with E-state index >= 15 is 0 Å². The van der Waals surface area contributed by atoms with Gasteiger partial charge in [-0.1, -0.05) is 19.9 Å². The van der Waals surface area contributed by atoms with Gasteiger partial charge in [0.25, 0.3) is 5.91 Å². The van der Waals surface area contributed by atoms with Gasteiger partial charge < -0.3 is 5.32 Å². The maximum atomic E-state index is 13.7. The maximum absolute atomic E-state index is 13.7. The van der Waals surface area contributed by atoms with Crippen LogP contribution in [0.2, 0.25) is 0 Å². The zero-order chi connectivity index (χ0) is 13.9. The van der Waals surface area contributed by atoms with Crippen LogP contribution < -0.4 is 5.32 Å². The summed E-state index contributed by atoms with van der Waals surface area (Å²) in [5.41, 5.74) is -0.320. The molecule has 1 amide bonds. The molecule has 0 heterocycles. The molecule has 0 fully saturated rings. The van der Waals surface area contributed by atoms with Crippen molar-refractivity contribution < 1.29 is 13.6 Å². The molecule has 1 unspecified atom stereocenters. The minimum Gasteiger partial charge on any atom is -0.348 e. The molecule has 5 heteroatoms. The molecule has 2 nitrogen and oxygen atoms in total. The van der Waals surface area contributed by atoms with E-state index < -0.39 is 23.1 Å². The third-order valence-corrected chi connectivity index (χ3v) is 3.13. The van der Waals surface area contributed by atoms with Gasteiger partial charge in [0.2, 0.25) is 0 Å². The Hall–Kier alpha value is -1.16. The first kappa shape index (κ1) is 14.9. The standard InChI is InChI=1S/C13H16ClF2NO/c1-7(2)10(6-14)17-13(18)11-9(15)5-4-8(3)12(11)16/h4-5,7,10H,6H2,1-3H3,(H,17,18). The van der Waals surface area contributed by atoms with Gasteiger partial charge in [0, 0.05) is 11.9 Å². The Balaban J connectivity index is 3.01. The molecule has 1 aromatic rings. The monoisotopic (exact) mass is 275 g/mol. The Labute approximate surface area is 110 Å². The van der Waals surface area contributed by atoms with Crippen molar-refractivity contribution in [3.63, 3.8) is 0 Å². The summed E-state index contributed by atoms with van der Waals surface area (Å²) in [5.74, 6) is -2.19. The highest BCUT2D eigenvalue weighted by Crippen LogP contribution is 2.17. The summed E-state index contributed by atoms with van der Waals surface area (Å²) >= 11 is 5.70. The topological polar surface area (TPSA) is 29.1 Å². The van der Waals surface area contributed by atoms with Gasteiger partial charge in [-0.2, -0.15) is 0 Å². The van der Waals surface area contributed by atoms with E-state index in [0.717, 1.165) is 6.07 Å². The SMILES string of the molecule is Cc1ccc(F)c(C(=O)NC(CCl)C(C)C)c1F. The molecule has 0 aliphatic carbocycles. The van der Waals surface area contributed by atoms with Gasteiger partial charge >= 0.3 is 0 Å². The van der Waals surface area contributed by atoms with Crippen molar-refractivity contribution in [1.29, 1.82) is 0 Å². The largest absolute Gasteiger partial charge is 0.348 e. The zero-order valence-electron chi connectivity index (χ0n) is 10.6. The summed E-state index contributed by atoms with van der Waals surface area (Å²) in [6.45, 7) is 5.22. The van der Waals surface area contributed by atoms with E-state index in [4.69, 9.17) is 11.6 Å². The number of alkyl halides is 1. The molecule has 1 aromatic carbocycles. The fourth-order valence-corrected chi connectivity index (χ4v) is 1.92. The summed E-state index contributed by atoms with van der Waals surface area (Å²) < 4.78 is 27.2. The normalized spacial score (nSPS) is 12.6. The van der Waals surface area contributed by atoms with E-state index in [0.29, 0.717) is 0 Å². The molecule has 100 valence electrons. The predicted molar refractivity (Wildman–Crippen MR) is 67.9 cm³/mol. The molecular formula is C13H16ClF2NO. The molecule has 0 saturated heterocycles. The lowest BCUT2D eigenvalue weighted by atomic mass is 10.0. The Morgan fingerprint density at radius 2 is 2.00 bits per heavy atom. The number of amides is 1. The van der Waals surface area contributed by atoms with E-state index in [1.54, 1.807) is 0 Å². The molecule has 18 heavy (non-hydrogen) atoms. The minimum absolute atomic E-state index is 0.0855. The van der Waals surface area contributed by atoms with Gasteiger partial charge in [-0.25, -0.2) is 8.78 Å². The first-order valence-corrected chi connectivity index (χ1v) is 6.23. The number of carbonyl (C=O) groups is 1. The second-order valence-corrected chi connectivity index (χ2v) is 4.84. The summed E-state index contributed by atoms with van der Waals surface area (Å²) in [4.78, 5) is 11.9. The molecule has 0 spiro atoms. The molecule has 0 aromatic heterocycles. The number of hydrogen-bond acceptors (Lipinski definition) is 1. The highest BCUT2D eigenvalue weighted by Gasteiger charge is 2.22. The number of aryl methyl sites for hydroxylation is 1. The number of hydrogen-bond donors (Lipinski definition) is 1. The van der Waals surface area contributed by atoms with E-state index in [1.807, 2.05) is 13.8 Å². The lowest BCUT2D eigenvalue weighted by Crippen LogP contribution is -2.40. The number of benzene rings is 1. The Morgan fingerprint density at radius 3 is 2.50 bits per heavy atom. The fraction of sp³-hybridized carbons (Fsp3) is 0.462. The van der Waals surface area contributed by atoms with E-state index in [9.17, 15) is 13.6 Å². The average Bonchev–Trinajstić information content (AvgIpc) is 2.31. The van der Waals surface area contributed by atoms with Gasteiger partial charge in [0.05, 0.1) is 0 Å². The van der Waals surface area contributed by atoms with Crippen LogP contribution in [0.4, 0.5) is 8.78 Å². The first-order valence-electron chi connectivity index (χ1n) is 5.69. The third kappa shape index (κ3) is 3.19. The summed E-state index contributed by atoms with van der Waals surface area (Å²) in [7, 11) is 0. The maximum Gasteiger partial charge on any atom is 0.257 e. The summed E-state index contributed by atoms with van der Waals surface area (Å²) in [6, 6.07) is 2.06. The fourth-order valence-electron chi connectivity index (χ4n) is 1.49. The molecule has 1 atom stereocenters. The van der Waals surface area contributed by atoms with Crippen LogP contribution in [0.5, 0.6) is 0 Å². The van der Waals surface area contributed by atoms with Gasteiger partial charge in [0.15, 0.2) is 0 Å². The van der Waals surface area contributed by atoms with Crippen LogP contribution in [0.25, 0.3) is 0 Å². The van der Waals surface area contributed by atoms with Crippen molar-refractivity contribution in [3.05, 3.63) is 34.9 Å². The van der Waals surface area contributed by atoms with Crippen molar-refractivity contribution in [1.82, 2.24) is 5.32 Å². The van der Waals surface area contributed by atoms with Crippen LogP contribution in [-0.2, 0) is 0 Å². The van der Waals surface area contributed by atoms with Crippen molar-refractivity contribution >= 4 is 17.5 Å². The molecular weight excluding hydrogens is 260 g/mol. The predicted octanol–water partition coefficient (Wildman–Crippen LogP) is 3.27. The summed E-state index contributed by atoms with van der Waals surface area (Å²) in [6.07, 6.45) is 0. The van der Waals surface area contributed by atoms with Crippen molar-refractivity contribution in [3.8, 4) is 0 Å². The van der Waals surface area contributed by atoms with E-state index in [-0.39, 0.29) is 23.4 Å². The molecule has 0 saturated carbocycles. The van der Waals surface area contributed by atoms with Crippen LogP contribution in [0.15, 0.2) is 12.1 Å². The molecule has 0 aliphatic heterocycles. The highest BCUT2D eigenvalue weighted by molar-refractivity contribution is 6.18. The van der Waals surface area contributed by atoms with Crippen LogP contribution >= 0.6 is 11.6 Å². The van der Waals surface area contributed by atoms with Gasteiger partial charge in [-0.3, -0.25) is 4.79 Å². The van der Waals surface area contributed by atoms with Crippen molar-refractivity contribution in [2.75, 3.05) is 5.88 Å². The van der Waals surface area contributed by atoms with Crippen LogP contribution in [-0.4, -0.2) is 17.8 Å². The Bertz CT molecular complexity index is 449. The summed E-state index contributed by atoms with van der Waals surface area (Å²) in [5, 5.41) is 2.54. The molecule has 1 rings (SSSR count). The number of rotatable bonds is 4. The smallest absolute Gasteiger partial charge is 0.257 e. The first-order chi connectivity index (χ1) is 8.38. The number of nitrogens with one attached hydrogen (secondary N) is 1. The van der Waals surface area contributed by atoms with Crippen LogP contribution in [0.1, 0.15) is 29.8 Å². The second-order valence-electron chi connectivity index (χ2n) is 4.53. The molecule has 0 bridgehead atoms. The minimum atomic E-state index is -0.868. The number of carbonyl (C=O) groups excluding carboxylic acids is 1. The quantitative estimate of drug-likeness (QED) is 0.840. The highest BCUT2D eigenvalue weighted by atomic mass is 35.5. The van der Waals surface area contributed by atoms with Crippen LogP contribution in [0.3, 0.4) is 0 Å². The zero-order valence-corrected chi connectivity index (χ0v) is 11.3. The lowest BCUT2D eigenvalue weighted by molar-refractivity contribution is 0.0922. The lowest BCUT2D eigenvalue weighted by Gasteiger charge is -2.20. The van der Waals surface area contributed by atoms with Gasteiger partial charge in [-0.05, 0) is 24.5 Å². The molecule has 1 N–H and O–H groups in total. The second kappa shape index (κ2) is 6.14. The Kier molecular flexibility index (Phi) is 5.08. The number of halogens is 3. The van der Waals surface area contributed by atoms with Gasteiger partial charge in [0.1, 0.15) is 17.2 Å². The van der Waals surface area contributed by atoms with Crippen LogP contribution in [0, 0.1) is 24.5 Å². The van der Waals surface area contributed by atoms with E-state index in [2.05, 4.69) is 5.32 Å². The van der Waals surface area contributed by atoms with E-state index in [1.165, 1.54) is 13.0 Å². The van der Waals surface area contributed by atoms with Crippen molar-refractivity contribution in [2.24, 2.45) is 5.92 Å². The third-order valence-electron chi connectivity index (χ3n) is 2.80. The van der Waals surface area contributed by atoms with Crippen molar-refractivity contribution in [2.45, 2.75) is 26.8 Å². The van der Waals surface area contributed by atoms with Gasteiger partial charge in [-0.15, -0.1) is 11.6 Å². The Morgan fingerprint density at radius 1 is 1.39 bits per heavy atom. The molecule has 0 aliphatic rings.